The maximum atomic E-state index is 6.18. The average Bonchev–Trinajstić information content (AvgIpc) is 2.90. The van der Waals surface area contributed by atoms with Gasteiger partial charge < -0.3 is 5.73 Å². The van der Waals surface area contributed by atoms with Gasteiger partial charge in [0.05, 0.1) is 10.7 Å². The molecule has 0 aromatic carbocycles. The van der Waals surface area contributed by atoms with E-state index in [0.29, 0.717) is 6.54 Å². The zero-order valence-electron chi connectivity index (χ0n) is 7.68. The predicted octanol–water partition coefficient (Wildman–Crippen LogP) is 2.03. The van der Waals surface area contributed by atoms with E-state index in [1.807, 2.05) is 19.2 Å². The molecule has 2 N–H and O–H groups in total. The number of nitrogens with zero attached hydrogens (tertiary/aromatic N) is 1. The second-order valence-electron chi connectivity index (χ2n) is 3.74. The van der Waals surface area contributed by atoms with Crippen LogP contribution in [0.5, 0.6) is 0 Å². The molecule has 0 aliphatic heterocycles. The van der Waals surface area contributed by atoms with E-state index in [9.17, 15) is 0 Å². The first kappa shape index (κ1) is 8.97. The molecule has 13 heavy (non-hydrogen) atoms. The standard InChI is InChI=1S/C10H13ClN2/c1-7-9(11)8(2-5-13-7)10(6-12)3-4-10/h2,5H,3-4,6,12H2,1H3. The molecule has 1 aliphatic rings. The van der Waals surface area contributed by atoms with Gasteiger partial charge in [-0.1, -0.05) is 11.6 Å². The highest BCUT2D eigenvalue weighted by atomic mass is 35.5. The van der Waals surface area contributed by atoms with Gasteiger partial charge in [-0.3, -0.25) is 4.98 Å². The molecule has 3 heteroatoms. The highest BCUT2D eigenvalue weighted by Crippen LogP contribution is 2.49. The number of hydrogen-bond donors (Lipinski definition) is 1. The number of nitrogens with two attached hydrogens (primary N) is 1. The van der Waals surface area contributed by atoms with Crippen LogP contribution in [0.4, 0.5) is 0 Å². The maximum absolute atomic E-state index is 6.18. The topological polar surface area (TPSA) is 38.9 Å². The normalized spacial score (nSPS) is 18.7. The molecule has 1 saturated carbocycles. The summed E-state index contributed by atoms with van der Waals surface area (Å²) in [6.07, 6.45) is 4.13. The molecule has 0 saturated heterocycles. The average molecular weight is 197 g/mol. The summed E-state index contributed by atoms with van der Waals surface area (Å²) < 4.78 is 0. The minimum Gasteiger partial charge on any atom is -0.330 e. The summed E-state index contributed by atoms with van der Waals surface area (Å²) in [7, 11) is 0. The van der Waals surface area contributed by atoms with Crippen LogP contribution in [0.25, 0.3) is 0 Å². The van der Waals surface area contributed by atoms with Crippen LogP contribution in [0, 0.1) is 6.92 Å². The third kappa shape index (κ3) is 1.34. The maximum Gasteiger partial charge on any atom is 0.0656 e. The summed E-state index contributed by atoms with van der Waals surface area (Å²) >= 11 is 6.18. The molecule has 1 aromatic rings. The van der Waals surface area contributed by atoms with Gasteiger partial charge in [-0.25, -0.2) is 0 Å². The monoisotopic (exact) mass is 196 g/mol. The Morgan fingerprint density at radius 2 is 2.31 bits per heavy atom. The molecule has 0 unspecified atom stereocenters. The molecule has 2 rings (SSSR count). The first-order valence-electron chi connectivity index (χ1n) is 4.51. The van der Waals surface area contributed by atoms with Gasteiger partial charge in [0.25, 0.3) is 0 Å². The van der Waals surface area contributed by atoms with Crippen LogP contribution in [0.15, 0.2) is 12.3 Å². The van der Waals surface area contributed by atoms with Crippen molar-refractivity contribution in [1.82, 2.24) is 4.98 Å². The molecular formula is C10H13ClN2. The van der Waals surface area contributed by atoms with Crippen molar-refractivity contribution in [2.45, 2.75) is 25.2 Å². The Balaban J connectivity index is 2.46. The fourth-order valence-corrected chi connectivity index (χ4v) is 2.00. The van der Waals surface area contributed by atoms with Gasteiger partial charge in [0.2, 0.25) is 0 Å². The number of halogens is 1. The molecule has 0 spiro atoms. The van der Waals surface area contributed by atoms with Gasteiger partial charge in [0.15, 0.2) is 0 Å². The van der Waals surface area contributed by atoms with Gasteiger partial charge in [0, 0.05) is 18.2 Å². The predicted molar refractivity (Wildman–Crippen MR) is 54.0 cm³/mol. The van der Waals surface area contributed by atoms with Gasteiger partial charge in [0.1, 0.15) is 0 Å². The van der Waals surface area contributed by atoms with E-state index < -0.39 is 0 Å². The Morgan fingerprint density at radius 3 is 2.85 bits per heavy atom. The quantitative estimate of drug-likeness (QED) is 0.786. The van der Waals surface area contributed by atoms with Crippen molar-refractivity contribution in [3.05, 3.63) is 28.5 Å². The third-order valence-corrected chi connectivity index (χ3v) is 3.36. The minimum absolute atomic E-state index is 0.171. The van der Waals surface area contributed by atoms with E-state index >= 15 is 0 Å². The fraction of sp³-hybridized carbons (Fsp3) is 0.500. The summed E-state index contributed by atoms with van der Waals surface area (Å²) in [4.78, 5) is 4.14. The number of aryl methyl sites for hydroxylation is 1. The van der Waals surface area contributed by atoms with Crippen LogP contribution >= 0.6 is 11.6 Å². The smallest absolute Gasteiger partial charge is 0.0656 e. The molecule has 0 atom stereocenters. The molecule has 1 heterocycles. The van der Waals surface area contributed by atoms with E-state index in [2.05, 4.69) is 4.98 Å². The Bertz CT molecular complexity index is 332. The second kappa shape index (κ2) is 2.96. The van der Waals surface area contributed by atoms with Crippen molar-refractivity contribution >= 4 is 11.6 Å². The number of rotatable bonds is 2. The number of aromatic nitrogens is 1. The van der Waals surface area contributed by atoms with Gasteiger partial charge >= 0.3 is 0 Å². The van der Waals surface area contributed by atoms with E-state index in [1.165, 1.54) is 5.56 Å². The first-order valence-corrected chi connectivity index (χ1v) is 4.89. The SMILES string of the molecule is Cc1nccc(C2(CN)CC2)c1Cl. The van der Waals surface area contributed by atoms with Crippen molar-refractivity contribution in [2.75, 3.05) is 6.54 Å². The Kier molecular flexibility index (Phi) is 2.05. The van der Waals surface area contributed by atoms with Crippen LogP contribution in [-0.4, -0.2) is 11.5 Å². The number of hydrogen-bond acceptors (Lipinski definition) is 2. The lowest BCUT2D eigenvalue weighted by molar-refractivity contribution is 0.702. The zero-order valence-corrected chi connectivity index (χ0v) is 8.43. The third-order valence-electron chi connectivity index (χ3n) is 2.88. The highest BCUT2D eigenvalue weighted by Gasteiger charge is 2.44. The van der Waals surface area contributed by atoms with Crippen molar-refractivity contribution in [3.63, 3.8) is 0 Å². The lowest BCUT2D eigenvalue weighted by atomic mass is 9.96. The summed E-state index contributed by atoms with van der Waals surface area (Å²) in [5, 5.41) is 0.797. The minimum atomic E-state index is 0.171. The van der Waals surface area contributed by atoms with Crippen molar-refractivity contribution in [2.24, 2.45) is 5.73 Å². The van der Waals surface area contributed by atoms with Crippen molar-refractivity contribution in [3.8, 4) is 0 Å². The van der Waals surface area contributed by atoms with E-state index in [1.54, 1.807) is 0 Å². The van der Waals surface area contributed by atoms with Crippen molar-refractivity contribution < 1.29 is 0 Å². The molecule has 70 valence electrons. The number of pyridine rings is 1. The molecule has 1 aromatic heterocycles. The molecule has 0 amide bonds. The summed E-state index contributed by atoms with van der Waals surface area (Å²) in [6, 6.07) is 2.00. The fourth-order valence-electron chi connectivity index (χ4n) is 1.69. The molecule has 0 bridgehead atoms. The van der Waals surface area contributed by atoms with Gasteiger partial charge in [-0.15, -0.1) is 0 Å². The van der Waals surface area contributed by atoms with E-state index in [0.717, 1.165) is 23.6 Å². The van der Waals surface area contributed by atoms with Crippen LogP contribution in [0.2, 0.25) is 5.02 Å². The molecule has 0 radical (unpaired) electrons. The van der Waals surface area contributed by atoms with Crippen LogP contribution in [0.1, 0.15) is 24.1 Å². The Morgan fingerprint density at radius 1 is 1.62 bits per heavy atom. The highest BCUT2D eigenvalue weighted by molar-refractivity contribution is 6.32. The summed E-state index contributed by atoms with van der Waals surface area (Å²) in [5.74, 6) is 0. The molecule has 1 aliphatic carbocycles. The van der Waals surface area contributed by atoms with Crippen molar-refractivity contribution in [1.29, 1.82) is 0 Å². The van der Waals surface area contributed by atoms with E-state index in [-0.39, 0.29) is 5.41 Å². The largest absolute Gasteiger partial charge is 0.330 e. The Hall–Kier alpha value is -0.600. The molecular weight excluding hydrogens is 184 g/mol. The zero-order chi connectivity index (χ0) is 9.47. The lowest BCUT2D eigenvalue weighted by Gasteiger charge is -2.15. The summed E-state index contributed by atoms with van der Waals surface area (Å²) in [5.41, 5.74) is 8.00. The first-order chi connectivity index (χ1) is 6.19. The van der Waals surface area contributed by atoms with Crippen LogP contribution in [-0.2, 0) is 5.41 Å². The van der Waals surface area contributed by atoms with Crippen LogP contribution < -0.4 is 5.73 Å². The lowest BCUT2D eigenvalue weighted by Crippen LogP contribution is -2.20. The van der Waals surface area contributed by atoms with Gasteiger partial charge in [-0.05, 0) is 31.4 Å². The Labute approximate surface area is 83.1 Å². The molecule has 1 fully saturated rings. The van der Waals surface area contributed by atoms with Gasteiger partial charge in [-0.2, -0.15) is 0 Å². The second-order valence-corrected chi connectivity index (χ2v) is 4.12. The van der Waals surface area contributed by atoms with Crippen LogP contribution in [0.3, 0.4) is 0 Å². The summed E-state index contributed by atoms with van der Waals surface area (Å²) in [6.45, 7) is 2.62. The molecule has 2 nitrogen and oxygen atoms in total. The van der Waals surface area contributed by atoms with E-state index in [4.69, 9.17) is 17.3 Å².